The van der Waals surface area contributed by atoms with Crippen molar-refractivity contribution in [2.45, 2.75) is 19.4 Å². The molecule has 1 amide bonds. The molecule has 0 saturated carbocycles. The Hall–Kier alpha value is -2.05. The van der Waals surface area contributed by atoms with Gasteiger partial charge in [-0.3, -0.25) is 0 Å². The van der Waals surface area contributed by atoms with E-state index in [0.717, 1.165) is 0 Å². The van der Waals surface area contributed by atoms with Crippen LogP contribution in [0.5, 0.6) is 11.5 Å². The number of carbonyl (C=O) groups excluding carboxylic acids is 1. The van der Waals surface area contributed by atoms with Gasteiger partial charge >= 0.3 is 137 Å². The zero-order chi connectivity index (χ0) is 17.1. The molecule has 1 atom stereocenters. The van der Waals surface area contributed by atoms with E-state index in [1.165, 1.54) is 20.3 Å². The first kappa shape index (κ1) is 17.3. The van der Waals surface area contributed by atoms with Gasteiger partial charge in [0, 0.05) is 0 Å². The molecule has 0 bridgehead atoms. The van der Waals surface area contributed by atoms with Gasteiger partial charge in [0.25, 0.3) is 0 Å². The predicted molar refractivity (Wildman–Crippen MR) is 83.1 cm³/mol. The molecule has 0 aliphatic heterocycles. The monoisotopic (exact) mass is 389 g/mol. The number of methoxy groups -OCH3 is 2. The van der Waals surface area contributed by atoms with Crippen molar-refractivity contribution < 1.29 is 28.6 Å². The van der Waals surface area contributed by atoms with Crippen molar-refractivity contribution in [2.75, 3.05) is 14.2 Å². The van der Waals surface area contributed by atoms with Crippen LogP contribution in [0.2, 0.25) is 0 Å². The second-order valence-electron chi connectivity index (χ2n) is 4.72. The van der Waals surface area contributed by atoms with Crippen LogP contribution in [0.1, 0.15) is 22.6 Å². The summed E-state index contributed by atoms with van der Waals surface area (Å²) >= 11 is -0.570. The molecule has 0 aliphatic rings. The Morgan fingerprint density at radius 2 is 1.91 bits per heavy atom. The van der Waals surface area contributed by atoms with Gasteiger partial charge in [-0.2, -0.15) is 0 Å². The van der Waals surface area contributed by atoms with Gasteiger partial charge in [0.05, 0.1) is 0 Å². The van der Waals surface area contributed by atoms with E-state index in [-0.39, 0.29) is 16.2 Å². The van der Waals surface area contributed by atoms with Crippen molar-refractivity contribution in [3.8, 4) is 11.5 Å². The van der Waals surface area contributed by atoms with Gasteiger partial charge < -0.3 is 0 Å². The first-order valence-corrected chi connectivity index (χ1v) is 8.51. The molecule has 0 fully saturated rings. The summed E-state index contributed by atoms with van der Waals surface area (Å²) in [5, 5.41) is 11.6. The molecule has 1 unspecified atom stereocenters. The van der Waals surface area contributed by atoms with E-state index in [0.29, 0.717) is 15.8 Å². The van der Waals surface area contributed by atoms with Crippen LogP contribution in [0.25, 0.3) is 9.65 Å². The topological polar surface area (TPSA) is 84.9 Å². The first-order valence-electron chi connectivity index (χ1n) is 6.80. The number of amides is 1. The van der Waals surface area contributed by atoms with Gasteiger partial charge in [0.2, 0.25) is 0 Å². The molecule has 8 heteroatoms. The minimum atomic E-state index is -1.15. The number of halogens is 1. The summed E-state index contributed by atoms with van der Waals surface area (Å²) in [4.78, 5) is 23.2. The minimum absolute atomic E-state index is 0.0255. The van der Waals surface area contributed by atoms with Gasteiger partial charge in [-0.1, -0.05) is 0 Å². The number of carbonyl (C=O) groups is 2. The van der Waals surface area contributed by atoms with Crippen LogP contribution in [0.3, 0.4) is 0 Å². The van der Waals surface area contributed by atoms with Crippen molar-refractivity contribution in [1.82, 2.24) is 5.32 Å². The fraction of sp³-hybridized carbons (Fsp3) is 0.333. The Morgan fingerprint density at radius 3 is 2.43 bits per heavy atom. The average Bonchev–Trinajstić information content (AvgIpc) is 2.86. The van der Waals surface area contributed by atoms with Crippen molar-refractivity contribution in [2.24, 2.45) is 0 Å². The molecule has 1 aromatic heterocycles. The summed E-state index contributed by atoms with van der Waals surface area (Å²) in [5.41, 5.74) is 0. The molecular formula is C15H16FNO5Se. The second kappa shape index (κ2) is 7.02. The van der Waals surface area contributed by atoms with E-state index in [2.05, 4.69) is 5.32 Å². The number of carboxylic acid groups (broad SMARTS) is 1. The summed E-state index contributed by atoms with van der Waals surface area (Å²) in [6.07, 6.45) is 0.220. The summed E-state index contributed by atoms with van der Waals surface area (Å²) in [7, 11) is 2.92. The molecule has 0 aliphatic carbocycles. The predicted octanol–water partition coefficient (Wildman–Crippen LogP) is 1.65. The van der Waals surface area contributed by atoms with E-state index < -0.39 is 38.2 Å². The quantitative estimate of drug-likeness (QED) is 0.736. The summed E-state index contributed by atoms with van der Waals surface area (Å²) < 4.78 is 25.5. The molecule has 1 aromatic carbocycles. The normalized spacial score (nSPS) is 12.0. The average molecular weight is 388 g/mol. The number of fused-ring (bicyclic) bond motifs is 1. The Kier molecular flexibility index (Phi) is 5.28. The van der Waals surface area contributed by atoms with Gasteiger partial charge in [-0.25, -0.2) is 0 Å². The van der Waals surface area contributed by atoms with Crippen molar-refractivity contribution >= 4 is 36.0 Å². The molecule has 23 heavy (non-hydrogen) atoms. The Balaban J connectivity index is 2.44. The van der Waals surface area contributed by atoms with E-state index in [1.807, 2.05) is 0 Å². The molecule has 6 nitrogen and oxygen atoms in total. The van der Waals surface area contributed by atoms with Gasteiger partial charge in [0.15, 0.2) is 0 Å². The molecule has 0 saturated heterocycles. The Labute approximate surface area is 137 Å². The third kappa shape index (κ3) is 3.33. The zero-order valence-corrected chi connectivity index (χ0v) is 14.5. The van der Waals surface area contributed by atoms with Crippen LogP contribution < -0.4 is 14.8 Å². The van der Waals surface area contributed by atoms with Gasteiger partial charge in [-0.05, 0) is 0 Å². The van der Waals surface area contributed by atoms with Crippen LogP contribution in [0, 0.1) is 5.82 Å². The van der Waals surface area contributed by atoms with Gasteiger partial charge in [-0.15, -0.1) is 0 Å². The standard InChI is InChI=1S/C15H16FNO5Se/c1-4-8(15(19)20)17-14(18)13-12(16)7-5-9(21-2)10(22-3)6-11(7)23-13/h5-6,8H,4H2,1-3H3,(H,17,18)(H,19,20). The van der Waals surface area contributed by atoms with Crippen LogP contribution in [-0.4, -0.2) is 51.7 Å². The van der Waals surface area contributed by atoms with Gasteiger partial charge in [0.1, 0.15) is 0 Å². The molecule has 1 heterocycles. The van der Waals surface area contributed by atoms with E-state index in [9.17, 15) is 14.0 Å². The zero-order valence-electron chi connectivity index (χ0n) is 12.8. The molecule has 0 spiro atoms. The first-order chi connectivity index (χ1) is 10.9. The molecule has 124 valence electrons. The molecule has 2 N–H and O–H groups in total. The van der Waals surface area contributed by atoms with Crippen molar-refractivity contribution in [3.05, 3.63) is 22.4 Å². The number of hydrogen-bond acceptors (Lipinski definition) is 4. The number of aliphatic carboxylic acids is 1. The maximum atomic E-state index is 14.5. The fourth-order valence-corrected chi connectivity index (χ4v) is 4.19. The van der Waals surface area contributed by atoms with Crippen molar-refractivity contribution in [3.63, 3.8) is 0 Å². The second-order valence-corrected chi connectivity index (χ2v) is 6.93. The van der Waals surface area contributed by atoms with E-state index >= 15 is 0 Å². The number of rotatable bonds is 6. The van der Waals surface area contributed by atoms with Crippen LogP contribution in [0.4, 0.5) is 4.39 Å². The molecule has 2 aromatic rings. The maximum absolute atomic E-state index is 14.5. The van der Waals surface area contributed by atoms with Crippen LogP contribution in [-0.2, 0) is 4.79 Å². The summed E-state index contributed by atoms with van der Waals surface area (Å²) in [5.74, 6) is -1.65. The van der Waals surface area contributed by atoms with E-state index in [4.69, 9.17) is 14.6 Å². The Morgan fingerprint density at radius 1 is 1.30 bits per heavy atom. The third-order valence-electron chi connectivity index (χ3n) is 3.35. The van der Waals surface area contributed by atoms with Crippen LogP contribution in [0.15, 0.2) is 12.1 Å². The summed E-state index contributed by atoms with van der Waals surface area (Å²) in [6, 6.07) is 2.09. The number of nitrogens with one attached hydrogen (secondary N) is 1. The molecular weight excluding hydrogens is 372 g/mol. The Bertz CT molecular complexity index is 758. The van der Waals surface area contributed by atoms with E-state index in [1.54, 1.807) is 13.0 Å². The molecule has 2 rings (SSSR count). The fourth-order valence-electron chi connectivity index (χ4n) is 2.10. The third-order valence-corrected chi connectivity index (χ3v) is 5.71. The number of carboxylic acids is 1. The molecule has 0 radical (unpaired) electrons. The number of hydrogen-bond donors (Lipinski definition) is 2. The SMILES string of the molecule is CCC(NC(=O)c1[se]c2cc(OC)c(OC)cc2c1F)C(=O)O. The number of benzene rings is 1. The number of ether oxygens (including phenoxy) is 2. The van der Waals surface area contributed by atoms with Crippen LogP contribution >= 0.6 is 0 Å². The summed E-state index contributed by atoms with van der Waals surface area (Å²) in [6.45, 7) is 1.63. The van der Waals surface area contributed by atoms with Crippen molar-refractivity contribution in [1.29, 1.82) is 0 Å².